The van der Waals surface area contributed by atoms with E-state index in [1.807, 2.05) is 0 Å². The summed E-state index contributed by atoms with van der Waals surface area (Å²) >= 11 is 0. The molecule has 0 aliphatic carbocycles. The molecule has 0 atom stereocenters. The summed E-state index contributed by atoms with van der Waals surface area (Å²) in [7, 11) is -10.8. The zero-order valence-corrected chi connectivity index (χ0v) is 5.14. The van der Waals surface area contributed by atoms with Crippen molar-refractivity contribution >= 4 is 8.63 Å². The van der Waals surface area contributed by atoms with E-state index in [-0.39, 0.29) is 16.8 Å². The zero-order valence-electron chi connectivity index (χ0n) is 3.10. The molecule has 0 aromatic heterocycles. The summed E-state index contributed by atoms with van der Waals surface area (Å²) in [6.07, 6.45) is 0. The molecule has 0 aliphatic rings. The molecule has 0 nitrogen and oxygen atoms in total. The Morgan fingerprint density at radius 2 is 0.625 bits per heavy atom. The molecule has 8 heavy (non-hydrogen) atoms. The molecule has 0 unspecified atom stereocenters. The van der Waals surface area contributed by atoms with Crippen LogP contribution >= 0.6 is 0 Å². The fourth-order valence-corrected chi connectivity index (χ4v) is 0. The van der Waals surface area contributed by atoms with E-state index in [1.54, 1.807) is 0 Å². The molecule has 0 aromatic rings. The van der Waals surface area contributed by atoms with Gasteiger partial charge in [-0.1, -0.05) is 0 Å². The van der Waals surface area contributed by atoms with Gasteiger partial charge in [-0.2, -0.15) is 0 Å². The molecule has 0 N–H and O–H groups in total. The van der Waals surface area contributed by atoms with Gasteiger partial charge in [0, 0.05) is 0 Å². The molecule has 0 bridgehead atoms. The van der Waals surface area contributed by atoms with Crippen LogP contribution in [0.15, 0.2) is 0 Å². The second-order valence-corrected chi connectivity index (χ2v) is 3.21. The molecular formula is CoF6Si. The number of halogens is 6. The fourth-order valence-electron chi connectivity index (χ4n) is 0. The first kappa shape index (κ1) is 11.1. The van der Waals surface area contributed by atoms with Gasteiger partial charge in [0.1, 0.15) is 0 Å². The third kappa shape index (κ3) is 1930. The van der Waals surface area contributed by atoms with E-state index in [0.717, 1.165) is 0 Å². The van der Waals surface area contributed by atoms with Crippen LogP contribution in [0.2, 0.25) is 0 Å². The Labute approximate surface area is 50.9 Å². The molecule has 0 heterocycles. The first-order valence-corrected chi connectivity index (χ1v) is 3.40. The quantitative estimate of drug-likeness (QED) is 0.320. The summed E-state index contributed by atoms with van der Waals surface area (Å²) in [5, 5.41) is 0. The zero-order chi connectivity index (χ0) is 6.41. The van der Waals surface area contributed by atoms with Crippen molar-refractivity contribution < 1.29 is 41.4 Å². The van der Waals surface area contributed by atoms with Crippen molar-refractivity contribution in [2.24, 2.45) is 0 Å². The van der Waals surface area contributed by atoms with Gasteiger partial charge < -0.3 is 0 Å². The van der Waals surface area contributed by atoms with Gasteiger partial charge >= 0.3 is 50.1 Å². The minimum Gasteiger partial charge on any atom is 2.00 e. The first-order chi connectivity index (χ1) is 2.45. The SMILES string of the molecule is F[Si-2](F)(F)(F)(F)F.[Co+2]. The van der Waals surface area contributed by atoms with Crippen LogP contribution in [0.1, 0.15) is 0 Å². The van der Waals surface area contributed by atoms with Gasteiger partial charge in [-0.3, -0.25) is 0 Å². The van der Waals surface area contributed by atoms with Gasteiger partial charge in [-0.05, 0) is 0 Å². The van der Waals surface area contributed by atoms with E-state index < -0.39 is 8.63 Å². The van der Waals surface area contributed by atoms with E-state index >= 15 is 0 Å². The smallest absolute Gasteiger partial charge is 2.00 e. The molecule has 8 heteroatoms. The van der Waals surface area contributed by atoms with Crippen LogP contribution in [0.3, 0.4) is 0 Å². The Hall–Kier alpha value is 0.303. The monoisotopic (exact) mass is 201 g/mol. The Bertz CT molecular complexity index is 67.1. The summed E-state index contributed by atoms with van der Waals surface area (Å²) < 4.78 is 59.3. The first-order valence-electron chi connectivity index (χ1n) is 1.13. The average Bonchev–Trinajstić information content (AvgIpc) is 0.592. The van der Waals surface area contributed by atoms with Crippen molar-refractivity contribution in [1.29, 1.82) is 0 Å². The average molecular weight is 201 g/mol. The maximum atomic E-state index is 9.88. The van der Waals surface area contributed by atoms with E-state index in [4.69, 9.17) is 0 Å². The van der Waals surface area contributed by atoms with Gasteiger partial charge in [0.2, 0.25) is 0 Å². The molecular weight excluding hydrogens is 201 g/mol. The molecule has 0 saturated carbocycles. The normalized spacial score (nSPS) is 20.2. The van der Waals surface area contributed by atoms with Crippen LogP contribution in [0.25, 0.3) is 0 Å². The van der Waals surface area contributed by atoms with Crippen molar-refractivity contribution in [1.82, 2.24) is 0 Å². The van der Waals surface area contributed by atoms with Gasteiger partial charge in [0.15, 0.2) is 0 Å². The van der Waals surface area contributed by atoms with Gasteiger partial charge in [-0.15, -0.1) is 0 Å². The molecule has 0 fully saturated rings. The second-order valence-electron chi connectivity index (χ2n) is 1.07. The Morgan fingerprint density at radius 3 is 0.625 bits per heavy atom. The number of rotatable bonds is 0. The van der Waals surface area contributed by atoms with E-state index in [2.05, 4.69) is 0 Å². The molecule has 0 amide bonds. The number of hydrogen-bond acceptors (Lipinski definition) is 0. The molecule has 0 aromatic carbocycles. The minimum absolute atomic E-state index is 0. The standard InChI is InChI=1S/Co.F6Si/c;1-7(2,3,4,5)6/q+2;-2. The van der Waals surface area contributed by atoms with Crippen LogP contribution in [0.4, 0.5) is 24.6 Å². The maximum absolute atomic E-state index is 10.8. The third-order valence-electron chi connectivity index (χ3n) is 0. The van der Waals surface area contributed by atoms with Crippen molar-refractivity contribution in [2.75, 3.05) is 0 Å². The maximum Gasteiger partial charge on any atom is 2.00 e. The minimum atomic E-state index is -10.8. The largest absolute Gasteiger partial charge is 2.00 e. The predicted molar refractivity (Wildman–Crippen MR) is 12.4 cm³/mol. The summed E-state index contributed by atoms with van der Waals surface area (Å²) in [6, 6.07) is 0. The van der Waals surface area contributed by atoms with Gasteiger partial charge in [-0.25, -0.2) is 0 Å². The van der Waals surface area contributed by atoms with E-state index in [1.165, 1.54) is 0 Å². The molecule has 1 radical (unpaired) electrons. The Kier molecular flexibility index (Phi) is 1.73. The Balaban J connectivity index is 0. The summed E-state index contributed by atoms with van der Waals surface area (Å²) in [4.78, 5) is 0. The van der Waals surface area contributed by atoms with Crippen LogP contribution in [0.5, 0.6) is 0 Å². The number of hydrogen-bond donors (Lipinski definition) is 0. The molecule has 0 aliphatic heterocycles. The molecule has 0 saturated heterocycles. The summed E-state index contributed by atoms with van der Waals surface area (Å²) in [6.45, 7) is 0. The van der Waals surface area contributed by atoms with Crippen molar-refractivity contribution in [3.8, 4) is 0 Å². The third-order valence-corrected chi connectivity index (χ3v) is 0. The topological polar surface area (TPSA) is 0 Å². The van der Waals surface area contributed by atoms with Crippen LogP contribution in [-0.4, -0.2) is 8.63 Å². The van der Waals surface area contributed by atoms with Gasteiger partial charge in [0.05, 0.1) is 0 Å². The molecule has 55 valence electrons. The van der Waals surface area contributed by atoms with Crippen molar-refractivity contribution in [3.05, 3.63) is 0 Å². The fraction of sp³-hybridized carbons (Fsp3) is 0. The molecule has 0 spiro atoms. The van der Waals surface area contributed by atoms with Crippen LogP contribution < -0.4 is 0 Å². The van der Waals surface area contributed by atoms with Gasteiger partial charge in [0.25, 0.3) is 0 Å². The molecule has 0 rings (SSSR count). The van der Waals surface area contributed by atoms with Crippen LogP contribution in [0, 0.1) is 0 Å². The van der Waals surface area contributed by atoms with Crippen molar-refractivity contribution in [2.45, 2.75) is 0 Å². The second kappa shape index (κ2) is 1.24. The predicted octanol–water partition coefficient (Wildman–Crippen LogP) is 2.14. The van der Waals surface area contributed by atoms with E-state index in [0.29, 0.717) is 0 Å². The van der Waals surface area contributed by atoms with E-state index in [9.17, 15) is 24.6 Å². The Morgan fingerprint density at radius 1 is 0.625 bits per heavy atom. The van der Waals surface area contributed by atoms with Crippen molar-refractivity contribution in [3.63, 3.8) is 0 Å². The summed E-state index contributed by atoms with van der Waals surface area (Å²) in [5.74, 6) is 0. The van der Waals surface area contributed by atoms with Crippen LogP contribution in [-0.2, 0) is 16.8 Å². The summed E-state index contributed by atoms with van der Waals surface area (Å²) in [5.41, 5.74) is 0.